The Labute approximate surface area is 147 Å². The van der Waals surface area contributed by atoms with Gasteiger partial charge in [-0.05, 0) is 26.8 Å². The van der Waals surface area contributed by atoms with Gasteiger partial charge in [-0.15, -0.1) is 21.5 Å². The molecule has 2 aliphatic rings. The first-order valence-corrected chi connectivity index (χ1v) is 9.45. The highest BCUT2D eigenvalue weighted by molar-refractivity contribution is 7.11. The molecule has 0 bridgehead atoms. The normalized spacial score (nSPS) is 27.0. The maximum Gasteiger partial charge on any atom is 0.222 e. The fourth-order valence-electron chi connectivity index (χ4n) is 3.86. The van der Waals surface area contributed by atoms with Crippen molar-refractivity contribution >= 4 is 17.2 Å². The molecule has 1 aromatic heterocycles. The van der Waals surface area contributed by atoms with E-state index >= 15 is 0 Å². The number of likely N-dealkylation sites (N-methyl/N-ethyl adjacent to an activating group) is 1. The molecule has 2 fully saturated rings. The molecule has 3 rings (SSSR count). The number of aryl methyl sites for hydroxylation is 1. The first-order valence-electron chi connectivity index (χ1n) is 8.64. The molecule has 1 N–H and O–H groups in total. The molecule has 24 heavy (non-hydrogen) atoms. The van der Waals surface area contributed by atoms with Gasteiger partial charge in [-0.25, -0.2) is 0 Å². The molecule has 1 amide bonds. The number of hydrogen-bond donors (Lipinski definition) is 1. The Morgan fingerprint density at radius 2 is 2.08 bits per heavy atom. The summed E-state index contributed by atoms with van der Waals surface area (Å²) in [4.78, 5) is 19.0. The fraction of sp³-hybridized carbons (Fsp3) is 0.812. The van der Waals surface area contributed by atoms with Crippen LogP contribution in [0.15, 0.2) is 0 Å². The van der Waals surface area contributed by atoms with E-state index in [9.17, 15) is 4.79 Å². The number of piperazine rings is 1. The monoisotopic (exact) mass is 353 g/mol. The number of rotatable bonds is 4. The number of aliphatic hydroxyl groups is 1. The van der Waals surface area contributed by atoms with E-state index in [0.29, 0.717) is 13.0 Å². The van der Waals surface area contributed by atoms with Crippen molar-refractivity contribution in [3.8, 4) is 0 Å². The van der Waals surface area contributed by atoms with Gasteiger partial charge in [0.15, 0.2) is 0 Å². The van der Waals surface area contributed by atoms with Crippen molar-refractivity contribution in [1.82, 2.24) is 24.9 Å². The second kappa shape index (κ2) is 7.43. The quantitative estimate of drug-likeness (QED) is 0.841. The molecule has 134 valence electrons. The molecule has 3 heterocycles. The van der Waals surface area contributed by atoms with Crippen molar-refractivity contribution in [2.45, 2.75) is 38.3 Å². The molecule has 1 aromatic rings. The van der Waals surface area contributed by atoms with Crippen molar-refractivity contribution in [2.24, 2.45) is 0 Å². The molecule has 0 aromatic carbocycles. The van der Waals surface area contributed by atoms with Crippen molar-refractivity contribution in [3.63, 3.8) is 0 Å². The minimum Gasteiger partial charge on any atom is -0.395 e. The van der Waals surface area contributed by atoms with Crippen LogP contribution in [0.4, 0.5) is 0 Å². The van der Waals surface area contributed by atoms with Gasteiger partial charge < -0.3 is 10.0 Å². The summed E-state index contributed by atoms with van der Waals surface area (Å²) in [7, 11) is 2.18. The summed E-state index contributed by atoms with van der Waals surface area (Å²) in [6, 6.07) is 0. The summed E-state index contributed by atoms with van der Waals surface area (Å²) in [5.41, 5.74) is 0.0395. The lowest BCUT2D eigenvalue weighted by atomic mass is 9.86. The number of amides is 1. The van der Waals surface area contributed by atoms with E-state index in [-0.39, 0.29) is 18.1 Å². The van der Waals surface area contributed by atoms with Crippen LogP contribution >= 0.6 is 11.3 Å². The molecule has 2 saturated heterocycles. The molecule has 0 radical (unpaired) electrons. The van der Waals surface area contributed by atoms with Crippen LogP contribution < -0.4 is 0 Å². The number of hydrogen-bond acceptors (Lipinski definition) is 7. The zero-order chi connectivity index (χ0) is 17.2. The van der Waals surface area contributed by atoms with E-state index < -0.39 is 0 Å². The SMILES string of the molecule is Cc1nnc(CN2CCN(C)[C@]3(CCC(=O)N(CCO)CC3)C2)s1. The van der Waals surface area contributed by atoms with E-state index in [4.69, 9.17) is 5.11 Å². The smallest absolute Gasteiger partial charge is 0.222 e. The van der Waals surface area contributed by atoms with Gasteiger partial charge in [0.25, 0.3) is 0 Å². The molecule has 2 aliphatic heterocycles. The van der Waals surface area contributed by atoms with Crippen molar-refractivity contribution in [3.05, 3.63) is 10.0 Å². The Morgan fingerprint density at radius 1 is 1.25 bits per heavy atom. The lowest BCUT2D eigenvalue weighted by Crippen LogP contribution is -2.60. The molecule has 8 heteroatoms. The fourth-order valence-corrected chi connectivity index (χ4v) is 4.61. The molecular formula is C16H27N5O2S. The maximum absolute atomic E-state index is 12.3. The summed E-state index contributed by atoms with van der Waals surface area (Å²) >= 11 is 1.66. The van der Waals surface area contributed by atoms with E-state index in [1.165, 1.54) is 0 Å². The molecule has 7 nitrogen and oxygen atoms in total. The van der Waals surface area contributed by atoms with Crippen LogP contribution in [0.1, 0.15) is 29.3 Å². The van der Waals surface area contributed by atoms with Crippen LogP contribution in [-0.2, 0) is 11.3 Å². The number of likely N-dealkylation sites (tertiary alicyclic amines) is 1. The average molecular weight is 353 g/mol. The number of carbonyl (C=O) groups is 1. The summed E-state index contributed by atoms with van der Waals surface area (Å²) in [5, 5.41) is 19.6. The Morgan fingerprint density at radius 3 is 2.79 bits per heavy atom. The number of nitrogens with zero attached hydrogens (tertiary/aromatic N) is 5. The average Bonchev–Trinajstić information content (AvgIpc) is 2.90. The van der Waals surface area contributed by atoms with Gasteiger partial charge in [0.1, 0.15) is 10.0 Å². The van der Waals surface area contributed by atoms with Gasteiger partial charge >= 0.3 is 0 Å². The van der Waals surface area contributed by atoms with Crippen molar-refractivity contribution in [1.29, 1.82) is 0 Å². The highest BCUT2D eigenvalue weighted by Gasteiger charge is 2.42. The predicted octanol–water partition coefficient (Wildman–Crippen LogP) is 0.338. The Kier molecular flexibility index (Phi) is 5.49. The third kappa shape index (κ3) is 3.77. The van der Waals surface area contributed by atoms with Gasteiger partial charge in [-0.2, -0.15) is 0 Å². The number of carbonyl (C=O) groups excluding carboxylic acids is 1. The Bertz CT molecular complexity index is 581. The summed E-state index contributed by atoms with van der Waals surface area (Å²) in [6.45, 7) is 7.03. The van der Waals surface area contributed by atoms with Crippen molar-refractivity contribution < 1.29 is 9.90 Å². The van der Waals surface area contributed by atoms with Crippen LogP contribution in [0.3, 0.4) is 0 Å². The summed E-state index contributed by atoms with van der Waals surface area (Å²) < 4.78 is 0. The van der Waals surface area contributed by atoms with Crippen molar-refractivity contribution in [2.75, 3.05) is 46.4 Å². The lowest BCUT2D eigenvalue weighted by Gasteiger charge is -2.49. The molecule has 0 aliphatic carbocycles. The van der Waals surface area contributed by atoms with Gasteiger partial charge in [0, 0.05) is 44.7 Å². The predicted molar refractivity (Wildman–Crippen MR) is 92.8 cm³/mol. The van der Waals surface area contributed by atoms with E-state index in [1.807, 2.05) is 11.8 Å². The maximum atomic E-state index is 12.3. The highest BCUT2D eigenvalue weighted by Crippen LogP contribution is 2.32. The van der Waals surface area contributed by atoms with Gasteiger partial charge in [0.05, 0.1) is 13.2 Å². The largest absolute Gasteiger partial charge is 0.395 e. The second-order valence-electron chi connectivity index (χ2n) is 6.93. The molecule has 0 saturated carbocycles. The van der Waals surface area contributed by atoms with Crippen LogP contribution in [0.25, 0.3) is 0 Å². The number of aliphatic hydroxyl groups excluding tert-OH is 1. The minimum atomic E-state index is 0.0388. The van der Waals surface area contributed by atoms with Gasteiger partial charge in [-0.1, -0.05) is 0 Å². The zero-order valence-electron chi connectivity index (χ0n) is 14.6. The van der Waals surface area contributed by atoms with E-state index in [2.05, 4.69) is 27.0 Å². The molecule has 1 spiro atoms. The Balaban J connectivity index is 1.69. The highest BCUT2D eigenvalue weighted by atomic mass is 32.1. The van der Waals surface area contributed by atoms with Crippen LogP contribution in [0, 0.1) is 6.92 Å². The Hall–Kier alpha value is -1.09. The molecule has 1 atom stereocenters. The lowest BCUT2D eigenvalue weighted by molar-refractivity contribution is -0.131. The standard InChI is InChI=1S/C16H27N5O2S/c1-13-17-18-14(24-13)11-20-8-7-19(2)16(12-20)4-3-15(23)21(6-5-16)9-10-22/h22H,3-12H2,1-2H3/t16-/m0/s1. The van der Waals surface area contributed by atoms with Gasteiger partial charge in [0.2, 0.25) is 5.91 Å². The number of β-amino-alcohol motifs (C(OH)–C–C–N with tert-alkyl or cyclic N) is 1. The first kappa shape index (κ1) is 17.7. The summed E-state index contributed by atoms with van der Waals surface area (Å²) in [6.07, 6.45) is 2.41. The zero-order valence-corrected chi connectivity index (χ0v) is 15.4. The van der Waals surface area contributed by atoms with Crippen LogP contribution in [-0.4, -0.2) is 87.8 Å². The number of aromatic nitrogens is 2. The first-order chi connectivity index (χ1) is 11.5. The van der Waals surface area contributed by atoms with Gasteiger partial charge in [-0.3, -0.25) is 14.6 Å². The second-order valence-corrected chi connectivity index (χ2v) is 8.19. The minimum absolute atomic E-state index is 0.0388. The van der Waals surface area contributed by atoms with Crippen LogP contribution in [0.2, 0.25) is 0 Å². The third-order valence-electron chi connectivity index (χ3n) is 5.38. The molecule has 0 unspecified atom stereocenters. The van der Waals surface area contributed by atoms with Crippen LogP contribution in [0.5, 0.6) is 0 Å². The summed E-state index contributed by atoms with van der Waals surface area (Å²) in [5.74, 6) is 0.172. The molecular weight excluding hydrogens is 326 g/mol. The van der Waals surface area contributed by atoms with E-state index in [0.717, 1.165) is 55.6 Å². The topological polar surface area (TPSA) is 72.8 Å². The van der Waals surface area contributed by atoms with E-state index in [1.54, 1.807) is 11.3 Å². The third-order valence-corrected chi connectivity index (χ3v) is 6.20.